The first-order valence-electron chi connectivity index (χ1n) is 9.01. The van der Waals surface area contributed by atoms with Crippen LogP contribution in [0, 0.1) is 0 Å². The lowest BCUT2D eigenvalue weighted by Gasteiger charge is -2.23. The van der Waals surface area contributed by atoms with Gasteiger partial charge in [-0.2, -0.15) is 5.10 Å². The molecule has 0 saturated heterocycles. The van der Waals surface area contributed by atoms with Crippen LogP contribution < -0.4 is 4.90 Å². The van der Waals surface area contributed by atoms with Crippen molar-refractivity contribution in [1.29, 1.82) is 0 Å². The molecule has 1 amide bonds. The van der Waals surface area contributed by atoms with Crippen molar-refractivity contribution in [3.05, 3.63) is 64.1 Å². The molecule has 136 valence electrons. The monoisotopic (exact) mass is 413 g/mol. The third-order valence-electron chi connectivity index (χ3n) is 4.82. The van der Waals surface area contributed by atoms with Crippen LogP contribution in [0.25, 0.3) is 0 Å². The molecule has 0 aromatic heterocycles. The smallest absolute Gasteiger partial charge is 0.240 e. The highest BCUT2D eigenvalue weighted by Crippen LogP contribution is 2.33. The van der Waals surface area contributed by atoms with Crippen molar-refractivity contribution in [3.8, 4) is 0 Å². The molecule has 2 aromatic carbocycles. The van der Waals surface area contributed by atoms with E-state index in [0.717, 1.165) is 40.8 Å². The first-order valence-corrected chi connectivity index (χ1v) is 9.81. The molecular formula is C21H24BrN3O. The second kappa shape index (κ2) is 8.04. The van der Waals surface area contributed by atoms with Gasteiger partial charge in [0.15, 0.2) is 0 Å². The van der Waals surface area contributed by atoms with Gasteiger partial charge in [-0.25, -0.2) is 5.01 Å². The van der Waals surface area contributed by atoms with Crippen molar-refractivity contribution in [1.82, 2.24) is 5.01 Å². The van der Waals surface area contributed by atoms with Crippen molar-refractivity contribution in [2.24, 2.45) is 5.10 Å². The van der Waals surface area contributed by atoms with Gasteiger partial charge < -0.3 is 4.90 Å². The van der Waals surface area contributed by atoms with E-state index in [9.17, 15) is 4.79 Å². The predicted molar refractivity (Wildman–Crippen MR) is 111 cm³/mol. The van der Waals surface area contributed by atoms with E-state index >= 15 is 0 Å². The zero-order valence-electron chi connectivity index (χ0n) is 15.4. The SMILES string of the molecule is CCN(CC)c1ccc([C@@H]2CC(c3ccc(Br)cc3)=NN2C(C)=O)cc1. The summed E-state index contributed by atoms with van der Waals surface area (Å²) in [5, 5.41) is 6.22. The normalized spacial score (nSPS) is 16.5. The highest BCUT2D eigenvalue weighted by molar-refractivity contribution is 9.10. The molecule has 0 N–H and O–H groups in total. The van der Waals surface area contributed by atoms with Gasteiger partial charge in [0.2, 0.25) is 5.91 Å². The molecule has 3 rings (SSSR count). The molecule has 0 saturated carbocycles. The summed E-state index contributed by atoms with van der Waals surface area (Å²) in [4.78, 5) is 14.4. The zero-order chi connectivity index (χ0) is 18.7. The van der Waals surface area contributed by atoms with Gasteiger partial charge in [0.1, 0.15) is 0 Å². The van der Waals surface area contributed by atoms with E-state index in [1.54, 1.807) is 11.9 Å². The average molecular weight is 414 g/mol. The topological polar surface area (TPSA) is 35.9 Å². The van der Waals surface area contributed by atoms with Crippen LogP contribution in [0.2, 0.25) is 0 Å². The molecule has 0 spiro atoms. The number of nitrogens with zero attached hydrogens (tertiary/aromatic N) is 3. The standard InChI is InChI=1S/C21H24BrN3O/c1-4-24(5-2)19-12-8-17(9-13-19)21-14-20(23-25(21)15(3)26)16-6-10-18(22)11-7-16/h6-13,21H,4-5,14H2,1-3H3/t21-/m0/s1. The summed E-state index contributed by atoms with van der Waals surface area (Å²) in [6, 6.07) is 16.5. The van der Waals surface area contributed by atoms with Gasteiger partial charge in [-0.15, -0.1) is 0 Å². The summed E-state index contributed by atoms with van der Waals surface area (Å²) < 4.78 is 1.03. The number of carbonyl (C=O) groups is 1. The maximum Gasteiger partial charge on any atom is 0.240 e. The molecule has 1 aliphatic heterocycles. The molecule has 1 heterocycles. The Bertz CT molecular complexity index is 795. The third-order valence-corrected chi connectivity index (χ3v) is 5.35. The van der Waals surface area contributed by atoms with E-state index < -0.39 is 0 Å². The van der Waals surface area contributed by atoms with Crippen LogP contribution in [0.3, 0.4) is 0 Å². The Labute approximate surface area is 163 Å². The number of amides is 1. The second-order valence-electron chi connectivity index (χ2n) is 6.40. The first-order chi connectivity index (χ1) is 12.5. The first kappa shape index (κ1) is 18.6. The van der Waals surface area contributed by atoms with E-state index in [2.05, 4.69) is 64.0 Å². The van der Waals surface area contributed by atoms with Crippen LogP contribution >= 0.6 is 15.9 Å². The number of anilines is 1. The summed E-state index contributed by atoms with van der Waals surface area (Å²) in [7, 11) is 0. The lowest BCUT2D eigenvalue weighted by atomic mass is 9.98. The highest BCUT2D eigenvalue weighted by atomic mass is 79.9. The minimum Gasteiger partial charge on any atom is -0.372 e. The minimum absolute atomic E-state index is 0.0325. The Morgan fingerprint density at radius 1 is 1.12 bits per heavy atom. The summed E-state index contributed by atoms with van der Waals surface area (Å²) in [5.41, 5.74) is 4.33. The van der Waals surface area contributed by atoms with Gasteiger partial charge in [-0.05, 0) is 49.2 Å². The fraction of sp³-hybridized carbons (Fsp3) is 0.333. The minimum atomic E-state index is -0.0445. The van der Waals surface area contributed by atoms with Crippen LogP contribution in [0.5, 0.6) is 0 Å². The van der Waals surface area contributed by atoms with Crippen molar-refractivity contribution >= 4 is 33.2 Å². The summed E-state index contributed by atoms with van der Waals surface area (Å²) >= 11 is 3.46. The molecule has 26 heavy (non-hydrogen) atoms. The molecule has 2 aromatic rings. The molecular weight excluding hydrogens is 390 g/mol. The summed E-state index contributed by atoms with van der Waals surface area (Å²) in [5.74, 6) is -0.0325. The van der Waals surface area contributed by atoms with Crippen LogP contribution in [0.15, 0.2) is 58.1 Å². The highest BCUT2D eigenvalue weighted by Gasteiger charge is 2.31. The van der Waals surface area contributed by atoms with Gasteiger partial charge >= 0.3 is 0 Å². The fourth-order valence-electron chi connectivity index (χ4n) is 3.37. The summed E-state index contributed by atoms with van der Waals surface area (Å²) in [6.07, 6.45) is 0.728. The van der Waals surface area contributed by atoms with E-state index in [1.807, 2.05) is 24.3 Å². The molecule has 5 heteroatoms. The number of hydrazone groups is 1. The molecule has 1 aliphatic rings. The molecule has 4 nitrogen and oxygen atoms in total. The van der Waals surface area contributed by atoms with E-state index in [1.165, 1.54) is 5.69 Å². The lowest BCUT2D eigenvalue weighted by Crippen LogP contribution is -2.25. The van der Waals surface area contributed by atoms with E-state index in [4.69, 9.17) is 0 Å². The largest absolute Gasteiger partial charge is 0.372 e. The Hall–Kier alpha value is -2.14. The maximum absolute atomic E-state index is 12.1. The number of hydrogen-bond acceptors (Lipinski definition) is 3. The number of rotatable bonds is 5. The quantitative estimate of drug-likeness (QED) is 0.691. The maximum atomic E-state index is 12.1. The number of carbonyl (C=O) groups excluding carboxylic acids is 1. The Kier molecular flexibility index (Phi) is 5.77. The molecule has 0 aliphatic carbocycles. The van der Waals surface area contributed by atoms with Crippen LogP contribution in [0.1, 0.15) is 44.4 Å². The van der Waals surface area contributed by atoms with Gasteiger partial charge in [-0.1, -0.05) is 40.2 Å². The number of halogens is 1. The fourth-order valence-corrected chi connectivity index (χ4v) is 3.64. The summed E-state index contributed by atoms with van der Waals surface area (Å²) in [6.45, 7) is 7.85. The molecule has 0 bridgehead atoms. The second-order valence-corrected chi connectivity index (χ2v) is 7.32. The average Bonchev–Trinajstić information content (AvgIpc) is 3.10. The van der Waals surface area contributed by atoms with Gasteiger partial charge in [0.05, 0.1) is 11.8 Å². The predicted octanol–water partition coefficient (Wildman–Crippen LogP) is 4.99. The van der Waals surface area contributed by atoms with Crippen molar-refractivity contribution < 1.29 is 4.79 Å². The van der Waals surface area contributed by atoms with Gasteiger partial charge in [0.25, 0.3) is 0 Å². The molecule has 0 radical (unpaired) electrons. The zero-order valence-corrected chi connectivity index (χ0v) is 17.0. The van der Waals surface area contributed by atoms with Crippen molar-refractivity contribution in [3.63, 3.8) is 0 Å². The van der Waals surface area contributed by atoms with Crippen LogP contribution in [-0.2, 0) is 4.79 Å². The van der Waals surface area contributed by atoms with Gasteiger partial charge in [0, 0.05) is 36.6 Å². The van der Waals surface area contributed by atoms with Crippen LogP contribution in [-0.4, -0.2) is 29.7 Å². The number of hydrogen-bond donors (Lipinski definition) is 0. The molecule has 0 unspecified atom stereocenters. The molecule has 1 atom stereocenters. The van der Waals surface area contributed by atoms with Gasteiger partial charge in [-0.3, -0.25) is 4.79 Å². The number of benzene rings is 2. The van der Waals surface area contributed by atoms with E-state index in [0.29, 0.717) is 0 Å². The lowest BCUT2D eigenvalue weighted by molar-refractivity contribution is -0.130. The van der Waals surface area contributed by atoms with Crippen molar-refractivity contribution in [2.45, 2.75) is 33.2 Å². The third kappa shape index (κ3) is 3.83. The Balaban J connectivity index is 1.85. The Morgan fingerprint density at radius 2 is 1.73 bits per heavy atom. The van der Waals surface area contributed by atoms with E-state index in [-0.39, 0.29) is 11.9 Å². The van der Waals surface area contributed by atoms with Crippen molar-refractivity contribution in [2.75, 3.05) is 18.0 Å². The van der Waals surface area contributed by atoms with Crippen LogP contribution in [0.4, 0.5) is 5.69 Å². The Morgan fingerprint density at radius 3 is 2.27 bits per heavy atom. The molecule has 0 fully saturated rings.